The van der Waals surface area contributed by atoms with Crippen molar-refractivity contribution in [3.05, 3.63) is 0 Å². The summed E-state index contributed by atoms with van der Waals surface area (Å²) in [4.78, 5) is 24.4. The summed E-state index contributed by atoms with van der Waals surface area (Å²) in [5.41, 5.74) is 0. The lowest BCUT2D eigenvalue weighted by Gasteiger charge is -2.21. The predicted molar refractivity (Wildman–Crippen MR) is 173 cm³/mol. The maximum absolute atomic E-state index is 12.2. The van der Waals surface area contributed by atoms with Gasteiger partial charge in [-0.1, -0.05) is 168 Å². The highest BCUT2D eigenvalue weighted by Gasteiger charge is 2.25. The van der Waals surface area contributed by atoms with Crippen molar-refractivity contribution in [1.29, 1.82) is 0 Å². The number of carbonyl (C=O) groups excluding carboxylic acids is 2. The zero-order valence-electron chi connectivity index (χ0n) is 28.0. The van der Waals surface area contributed by atoms with Crippen LogP contribution in [0.1, 0.15) is 195 Å². The number of aliphatic hydroxyl groups is 1. The highest BCUT2D eigenvalue weighted by Crippen LogP contribution is 2.16. The third-order valence-corrected chi connectivity index (χ3v) is 8.16. The summed E-state index contributed by atoms with van der Waals surface area (Å²) in [7, 11) is 0. The van der Waals surface area contributed by atoms with Gasteiger partial charge in [0, 0.05) is 12.8 Å². The third kappa shape index (κ3) is 29.1. The van der Waals surface area contributed by atoms with Crippen LogP contribution in [0.25, 0.3) is 0 Å². The Kier molecular flexibility index (Phi) is 29.9. The van der Waals surface area contributed by atoms with E-state index in [1.807, 2.05) is 0 Å². The first kappa shape index (κ1) is 38.2. The van der Waals surface area contributed by atoms with Crippen LogP contribution >= 0.6 is 11.6 Å². The van der Waals surface area contributed by atoms with E-state index >= 15 is 0 Å². The minimum absolute atomic E-state index is 0.126. The molecule has 0 aliphatic carbocycles. The van der Waals surface area contributed by atoms with Gasteiger partial charge in [0.05, 0.1) is 5.88 Å². The Balaban J connectivity index is 3.82. The molecule has 6 heteroatoms. The Morgan fingerprint density at radius 2 is 0.805 bits per heavy atom. The van der Waals surface area contributed by atoms with E-state index in [-0.39, 0.29) is 18.7 Å². The minimum Gasteiger partial charge on any atom is -0.454 e. The van der Waals surface area contributed by atoms with Crippen LogP contribution in [0, 0.1) is 0 Å². The number of ether oxygens (including phenoxy) is 2. The number of alkyl halides is 1. The summed E-state index contributed by atoms with van der Waals surface area (Å²) in [5, 5.41) is 10.3. The van der Waals surface area contributed by atoms with Gasteiger partial charge in [0.2, 0.25) is 6.27 Å². The molecule has 0 bridgehead atoms. The Morgan fingerprint density at radius 1 is 0.537 bits per heavy atom. The van der Waals surface area contributed by atoms with Crippen molar-refractivity contribution in [2.45, 2.75) is 206 Å². The van der Waals surface area contributed by atoms with E-state index in [2.05, 4.69) is 13.8 Å². The number of unbranched alkanes of at least 4 members (excludes halogenated alkanes) is 24. The number of hydrogen-bond acceptors (Lipinski definition) is 5. The lowest BCUT2D eigenvalue weighted by atomic mass is 10.0. The first-order valence-electron chi connectivity index (χ1n) is 18.1. The smallest absolute Gasteiger partial charge is 0.308 e. The molecule has 0 radical (unpaired) electrons. The van der Waals surface area contributed by atoms with Crippen LogP contribution < -0.4 is 0 Å². The molecule has 0 aliphatic heterocycles. The molecule has 2 atom stereocenters. The highest BCUT2D eigenvalue weighted by molar-refractivity contribution is 6.18. The van der Waals surface area contributed by atoms with Crippen LogP contribution in [0.15, 0.2) is 0 Å². The standard InChI is InChI=1S/C35H67ClO5/c1-3-5-7-9-11-13-15-17-19-21-23-25-27-29-33(37)40-32(31-36)35(39)41-34(38)30-28-26-24-22-20-18-16-14-12-10-8-6-4-2/h32,35,39H,3-31H2,1-2H3/i35D. The minimum atomic E-state index is -2.68. The molecule has 2 unspecified atom stereocenters. The maximum atomic E-state index is 12.2. The normalized spacial score (nSPS) is 13.9. The number of hydrogen-bond donors (Lipinski definition) is 1. The monoisotopic (exact) mass is 603 g/mol. The summed E-state index contributed by atoms with van der Waals surface area (Å²) >= 11 is 5.85. The summed E-state index contributed by atoms with van der Waals surface area (Å²) in [6.45, 7) is 4.49. The van der Waals surface area contributed by atoms with Crippen molar-refractivity contribution in [1.82, 2.24) is 0 Å². The van der Waals surface area contributed by atoms with Crippen LogP contribution in [-0.4, -0.2) is 35.3 Å². The topological polar surface area (TPSA) is 72.8 Å². The molecule has 0 aromatic rings. The fourth-order valence-corrected chi connectivity index (χ4v) is 5.37. The van der Waals surface area contributed by atoms with Crippen molar-refractivity contribution >= 4 is 23.5 Å². The van der Waals surface area contributed by atoms with Crippen LogP contribution in [0.5, 0.6) is 0 Å². The second-order valence-corrected chi connectivity index (χ2v) is 12.2. The summed E-state index contributed by atoms with van der Waals surface area (Å²) < 4.78 is 18.2. The first-order chi connectivity index (χ1) is 20.4. The van der Waals surface area contributed by atoms with Crippen LogP contribution in [0.2, 0.25) is 0 Å². The molecule has 1 N–H and O–H groups in total. The Morgan fingerprint density at radius 3 is 1.10 bits per heavy atom. The molecule has 0 rings (SSSR count). The lowest BCUT2D eigenvalue weighted by molar-refractivity contribution is -0.195. The van der Waals surface area contributed by atoms with Crippen LogP contribution in [-0.2, 0) is 19.1 Å². The van der Waals surface area contributed by atoms with E-state index in [0.29, 0.717) is 12.8 Å². The number of halogens is 1. The predicted octanol–water partition coefficient (Wildman–Crippen LogP) is 11.0. The van der Waals surface area contributed by atoms with Gasteiger partial charge in [-0.3, -0.25) is 9.59 Å². The maximum Gasteiger partial charge on any atom is 0.308 e. The summed E-state index contributed by atoms with van der Waals surface area (Å²) in [5.74, 6) is -1.52. The van der Waals surface area contributed by atoms with Gasteiger partial charge >= 0.3 is 11.9 Å². The second-order valence-electron chi connectivity index (χ2n) is 11.9. The third-order valence-electron chi connectivity index (χ3n) is 7.88. The molecule has 0 saturated heterocycles. The Bertz CT molecular complexity index is 616. The summed E-state index contributed by atoms with van der Waals surface area (Å²) in [6.07, 6.45) is 27.8. The van der Waals surface area contributed by atoms with Crippen molar-refractivity contribution in [2.75, 3.05) is 5.88 Å². The molecule has 0 saturated carbocycles. The van der Waals surface area contributed by atoms with Gasteiger partial charge in [-0.05, 0) is 12.8 Å². The highest BCUT2D eigenvalue weighted by atomic mass is 35.5. The largest absolute Gasteiger partial charge is 0.454 e. The molecule has 5 nitrogen and oxygen atoms in total. The average Bonchev–Trinajstić information content (AvgIpc) is 2.96. The molecule has 0 fully saturated rings. The van der Waals surface area contributed by atoms with E-state index in [4.69, 9.17) is 22.4 Å². The molecule has 0 amide bonds. The summed E-state index contributed by atoms with van der Waals surface area (Å²) in [6, 6.07) is 0. The lowest BCUT2D eigenvalue weighted by Crippen LogP contribution is -2.36. The van der Waals surface area contributed by atoms with E-state index in [1.165, 1.54) is 122 Å². The van der Waals surface area contributed by atoms with E-state index in [1.54, 1.807) is 0 Å². The molecule has 244 valence electrons. The molecular weight excluding hydrogens is 536 g/mol. The molecule has 0 aromatic carbocycles. The van der Waals surface area contributed by atoms with E-state index < -0.39 is 24.3 Å². The molecule has 0 aliphatic rings. The van der Waals surface area contributed by atoms with Crippen molar-refractivity contribution in [3.8, 4) is 0 Å². The molecular formula is C35H67ClO5. The zero-order valence-corrected chi connectivity index (χ0v) is 27.8. The first-order valence-corrected chi connectivity index (χ1v) is 18.1. The Hall–Kier alpha value is -0.810. The van der Waals surface area contributed by atoms with Gasteiger partial charge in [-0.25, -0.2) is 0 Å². The van der Waals surface area contributed by atoms with Gasteiger partial charge in [0.15, 0.2) is 6.10 Å². The number of esters is 2. The SMILES string of the molecule is [2H]C(O)(OC(=O)CCCCCCCCCCCCCCC)C(CCl)OC(=O)CCCCCCCCCCCCCCC. The van der Waals surface area contributed by atoms with Crippen molar-refractivity contribution in [2.24, 2.45) is 0 Å². The number of rotatable bonds is 32. The fourth-order valence-electron chi connectivity index (χ4n) is 5.17. The van der Waals surface area contributed by atoms with E-state index in [9.17, 15) is 14.7 Å². The fraction of sp³-hybridized carbons (Fsp3) is 0.943. The van der Waals surface area contributed by atoms with Gasteiger partial charge in [0.25, 0.3) is 0 Å². The van der Waals surface area contributed by atoms with Gasteiger partial charge in [-0.2, -0.15) is 0 Å². The second kappa shape index (κ2) is 32.1. The van der Waals surface area contributed by atoms with Crippen LogP contribution in [0.3, 0.4) is 0 Å². The molecule has 0 heterocycles. The zero-order chi connectivity index (χ0) is 31.2. The van der Waals surface area contributed by atoms with Crippen molar-refractivity contribution in [3.63, 3.8) is 0 Å². The van der Waals surface area contributed by atoms with Crippen LogP contribution in [0.4, 0.5) is 0 Å². The van der Waals surface area contributed by atoms with Gasteiger partial charge in [0.1, 0.15) is 1.37 Å². The Labute approximate surface area is 260 Å². The van der Waals surface area contributed by atoms with Gasteiger partial charge < -0.3 is 14.6 Å². The van der Waals surface area contributed by atoms with Gasteiger partial charge in [-0.15, -0.1) is 11.6 Å². The molecule has 0 spiro atoms. The number of carbonyl (C=O) groups is 2. The van der Waals surface area contributed by atoms with E-state index in [0.717, 1.165) is 32.1 Å². The quantitative estimate of drug-likeness (QED) is 0.0358. The van der Waals surface area contributed by atoms with Crippen molar-refractivity contribution < 1.29 is 25.5 Å². The molecule has 0 aromatic heterocycles. The average molecular weight is 604 g/mol. The molecule has 41 heavy (non-hydrogen) atoms.